The molecule has 2 aromatic rings. The fourth-order valence-electron chi connectivity index (χ4n) is 3.13. The zero-order valence-corrected chi connectivity index (χ0v) is 12.9. The van der Waals surface area contributed by atoms with Crippen LogP contribution >= 0.6 is 0 Å². The van der Waals surface area contributed by atoms with Gasteiger partial charge < -0.3 is 9.47 Å². The van der Waals surface area contributed by atoms with Gasteiger partial charge in [-0.2, -0.15) is 0 Å². The van der Waals surface area contributed by atoms with E-state index in [1.807, 2.05) is 48.5 Å². The molecule has 23 heavy (non-hydrogen) atoms. The van der Waals surface area contributed by atoms with Crippen molar-refractivity contribution in [1.29, 1.82) is 0 Å². The highest BCUT2D eigenvalue weighted by molar-refractivity contribution is 5.90. The number of ether oxygens (including phenoxy) is 2. The lowest BCUT2D eigenvalue weighted by Gasteiger charge is -2.31. The van der Waals surface area contributed by atoms with Gasteiger partial charge in [0.1, 0.15) is 0 Å². The van der Waals surface area contributed by atoms with Crippen molar-refractivity contribution in [3.63, 3.8) is 0 Å². The Bertz CT molecular complexity index is 696. The van der Waals surface area contributed by atoms with Crippen molar-refractivity contribution in [2.45, 2.75) is 24.9 Å². The van der Waals surface area contributed by atoms with E-state index < -0.39 is 23.5 Å². The number of hydrogen-bond acceptors (Lipinski definition) is 4. The predicted octanol–water partition coefficient (Wildman–Crippen LogP) is 3.18. The molecular formula is C19H18O4. The Morgan fingerprint density at radius 2 is 1.74 bits per heavy atom. The van der Waals surface area contributed by atoms with Crippen LogP contribution in [0, 0.1) is 0 Å². The molecule has 4 nitrogen and oxygen atoms in total. The van der Waals surface area contributed by atoms with Crippen LogP contribution in [0.5, 0.6) is 0 Å². The zero-order chi connectivity index (χ0) is 16.3. The van der Waals surface area contributed by atoms with Gasteiger partial charge in [-0.15, -0.1) is 0 Å². The largest absolute Gasteiger partial charge is 0.463 e. The van der Waals surface area contributed by atoms with E-state index in [4.69, 9.17) is 9.47 Å². The fraction of sp³-hybridized carbons (Fsp3) is 0.263. The Balaban J connectivity index is 2.16. The molecule has 0 unspecified atom stereocenters. The molecule has 2 atom stereocenters. The molecule has 4 heteroatoms. The van der Waals surface area contributed by atoms with Gasteiger partial charge in [0.15, 0.2) is 0 Å². The first-order valence-electron chi connectivity index (χ1n) is 7.68. The van der Waals surface area contributed by atoms with E-state index in [1.54, 1.807) is 19.1 Å². The van der Waals surface area contributed by atoms with Crippen molar-refractivity contribution in [2.24, 2.45) is 0 Å². The van der Waals surface area contributed by atoms with Crippen LogP contribution in [0.1, 0.15) is 30.4 Å². The van der Waals surface area contributed by atoms with Crippen molar-refractivity contribution in [1.82, 2.24) is 0 Å². The van der Waals surface area contributed by atoms with Crippen molar-refractivity contribution < 1.29 is 19.1 Å². The maximum absolute atomic E-state index is 12.8. The number of rotatable bonds is 4. The van der Waals surface area contributed by atoms with E-state index in [-0.39, 0.29) is 13.0 Å². The molecule has 0 spiro atoms. The molecule has 0 N–H and O–H groups in total. The molecule has 0 radical (unpaired) electrons. The molecule has 0 bridgehead atoms. The summed E-state index contributed by atoms with van der Waals surface area (Å²) in [4.78, 5) is 24.9. The molecule has 0 amide bonds. The zero-order valence-electron chi connectivity index (χ0n) is 12.9. The Hall–Kier alpha value is -2.62. The topological polar surface area (TPSA) is 52.6 Å². The third kappa shape index (κ3) is 2.61. The van der Waals surface area contributed by atoms with E-state index in [1.165, 1.54) is 0 Å². The van der Waals surface area contributed by atoms with Crippen LogP contribution in [0.25, 0.3) is 0 Å². The third-order valence-corrected chi connectivity index (χ3v) is 4.12. The number of benzene rings is 2. The Morgan fingerprint density at radius 1 is 1.13 bits per heavy atom. The van der Waals surface area contributed by atoms with E-state index >= 15 is 0 Å². The smallest absolute Gasteiger partial charge is 0.356 e. The lowest BCUT2D eigenvalue weighted by atomic mass is 9.77. The second kappa shape index (κ2) is 6.24. The molecule has 1 fully saturated rings. The van der Waals surface area contributed by atoms with Gasteiger partial charge >= 0.3 is 11.9 Å². The van der Waals surface area contributed by atoms with Crippen LogP contribution in [-0.2, 0) is 24.7 Å². The van der Waals surface area contributed by atoms with Gasteiger partial charge in [0, 0.05) is 11.5 Å². The van der Waals surface area contributed by atoms with E-state index in [9.17, 15) is 9.59 Å². The number of hydrogen-bond donors (Lipinski definition) is 0. The molecule has 1 aliphatic heterocycles. The molecule has 3 rings (SSSR count). The summed E-state index contributed by atoms with van der Waals surface area (Å²) >= 11 is 0. The van der Waals surface area contributed by atoms with Gasteiger partial charge in [0.25, 0.3) is 0 Å². The van der Waals surface area contributed by atoms with Gasteiger partial charge in [0.2, 0.25) is 5.60 Å². The third-order valence-electron chi connectivity index (χ3n) is 4.12. The molecule has 2 aromatic carbocycles. The monoisotopic (exact) mass is 310 g/mol. The van der Waals surface area contributed by atoms with Gasteiger partial charge in [-0.25, -0.2) is 4.79 Å². The summed E-state index contributed by atoms with van der Waals surface area (Å²) in [6.07, 6.45) is 0.151. The summed E-state index contributed by atoms with van der Waals surface area (Å²) in [7, 11) is 0. The van der Waals surface area contributed by atoms with Crippen molar-refractivity contribution in [3.05, 3.63) is 71.8 Å². The summed E-state index contributed by atoms with van der Waals surface area (Å²) in [6, 6.07) is 18.6. The van der Waals surface area contributed by atoms with Gasteiger partial charge in [0.05, 0.1) is 13.0 Å². The molecule has 0 aliphatic carbocycles. The Labute approximate surface area is 135 Å². The Morgan fingerprint density at radius 3 is 2.35 bits per heavy atom. The van der Waals surface area contributed by atoms with Crippen LogP contribution in [0.3, 0.4) is 0 Å². The number of carbonyl (C=O) groups is 2. The maximum atomic E-state index is 12.8. The van der Waals surface area contributed by atoms with Gasteiger partial charge in [-0.3, -0.25) is 4.79 Å². The average Bonchev–Trinajstić information content (AvgIpc) is 2.95. The maximum Gasteiger partial charge on any atom is 0.356 e. The minimum atomic E-state index is -1.42. The first kappa shape index (κ1) is 15.3. The molecule has 1 aliphatic rings. The molecule has 118 valence electrons. The molecule has 1 heterocycles. The fourth-order valence-corrected chi connectivity index (χ4v) is 3.13. The van der Waals surface area contributed by atoms with Crippen LogP contribution in [0.15, 0.2) is 60.7 Å². The summed E-state index contributed by atoms with van der Waals surface area (Å²) in [5.74, 6) is -1.32. The average molecular weight is 310 g/mol. The van der Waals surface area contributed by atoms with E-state index in [0.29, 0.717) is 5.56 Å². The second-order valence-electron chi connectivity index (χ2n) is 5.46. The van der Waals surface area contributed by atoms with Crippen LogP contribution in [-0.4, -0.2) is 18.5 Å². The SMILES string of the molecule is CCOC(=O)[C@]1(c2ccccc2)OC(=O)C[C@H]1c1ccccc1. The van der Waals surface area contributed by atoms with E-state index in [2.05, 4.69) is 0 Å². The summed E-state index contributed by atoms with van der Waals surface area (Å²) in [6.45, 7) is 1.97. The highest BCUT2D eigenvalue weighted by Gasteiger charge is 2.58. The van der Waals surface area contributed by atoms with Crippen molar-refractivity contribution in [2.75, 3.05) is 6.61 Å². The molecular weight excluding hydrogens is 292 g/mol. The van der Waals surface area contributed by atoms with Crippen LogP contribution in [0.4, 0.5) is 0 Å². The first-order valence-corrected chi connectivity index (χ1v) is 7.68. The number of carbonyl (C=O) groups excluding carboxylic acids is 2. The summed E-state index contributed by atoms with van der Waals surface area (Å²) < 4.78 is 10.9. The standard InChI is InChI=1S/C19H18O4/c1-2-22-18(21)19(15-11-7-4-8-12-15)16(13-17(20)23-19)14-9-5-3-6-10-14/h3-12,16H,2,13H2,1H3/t16-,19+/m0/s1. The molecule has 1 saturated heterocycles. The van der Waals surface area contributed by atoms with Crippen LogP contribution in [0.2, 0.25) is 0 Å². The van der Waals surface area contributed by atoms with Gasteiger partial charge in [-0.1, -0.05) is 60.7 Å². The van der Waals surface area contributed by atoms with Gasteiger partial charge in [-0.05, 0) is 12.5 Å². The lowest BCUT2D eigenvalue weighted by Crippen LogP contribution is -2.41. The van der Waals surface area contributed by atoms with Crippen molar-refractivity contribution >= 4 is 11.9 Å². The Kier molecular flexibility index (Phi) is 4.15. The predicted molar refractivity (Wildman–Crippen MR) is 84.6 cm³/mol. The molecule has 0 aromatic heterocycles. The van der Waals surface area contributed by atoms with E-state index in [0.717, 1.165) is 5.56 Å². The minimum Gasteiger partial charge on any atom is -0.463 e. The lowest BCUT2D eigenvalue weighted by molar-refractivity contribution is -0.176. The normalized spacial score (nSPS) is 23.3. The van der Waals surface area contributed by atoms with Crippen LogP contribution < -0.4 is 0 Å². The first-order chi connectivity index (χ1) is 11.2. The quantitative estimate of drug-likeness (QED) is 0.814. The summed E-state index contributed by atoms with van der Waals surface area (Å²) in [5.41, 5.74) is 0.101. The number of esters is 2. The second-order valence-corrected chi connectivity index (χ2v) is 5.46. The minimum absolute atomic E-state index is 0.151. The number of cyclic esters (lactones) is 1. The molecule has 0 saturated carbocycles. The summed E-state index contributed by atoms with van der Waals surface area (Å²) in [5, 5.41) is 0. The highest BCUT2D eigenvalue weighted by atomic mass is 16.6. The van der Waals surface area contributed by atoms with Crippen molar-refractivity contribution in [3.8, 4) is 0 Å². The highest BCUT2D eigenvalue weighted by Crippen LogP contribution is 2.48.